The summed E-state index contributed by atoms with van der Waals surface area (Å²) in [6.07, 6.45) is 0. The van der Waals surface area contributed by atoms with Crippen molar-refractivity contribution in [2.75, 3.05) is 22.5 Å². The van der Waals surface area contributed by atoms with Crippen molar-refractivity contribution in [1.29, 1.82) is 0 Å². The molecule has 0 atom stereocenters. The second-order valence-corrected chi connectivity index (χ2v) is 9.38. The van der Waals surface area contributed by atoms with Crippen molar-refractivity contribution in [1.82, 2.24) is 9.97 Å². The molecule has 0 spiro atoms. The van der Waals surface area contributed by atoms with Crippen molar-refractivity contribution >= 4 is 61.2 Å². The summed E-state index contributed by atoms with van der Waals surface area (Å²) in [5, 5.41) is 5.17. The maximum absolute atomic E-state index is 13.4. The van der Waals surface area contributed by atoms with E-state index in [1.54, 1.807) is 29.8 Å². The minimum Gasteiger partial charge on any atom is -0.375 e. The summed E-state index contributed by atoms with van der Waals surface area (Å²) in [7, 11) is 0. The van der Waals surface area contributed by atoms with E-state index in [1.807, 2.05) is 23.6 Å². The fourth-order valence-electron chi connectivity index (χ4n) is 3.53. The number of nitrogens with one attached hydrogen (secondary N) is 1. The number of nitrogens with two attached hydrogens (primary N) is 1. The Morgan fingerprint density at radius 1 is 1.00 bits per heavy atom. The predicted octanol–water partition coefficient (Wildman–Crippen LogP) is 5.43. The van der Waals surface area contributed by atoms with E-state index in [0.717, 1.165) is 21.5 Å². The van der Waals surface area contributed by atoms with E-state index >= 15 is 0 Å². The molecule has 3 N–H and O–H groups in total. The van der Waals surface area contributed by atoms with Gasteiger partial charge in [-0.05, 0) is 54.6 Å². The van der Waals surface area contributed by atoms with Crippen molar-refractivity contribution in [3.05, 3.63) is 89.0 Å². The second kappa shape index (κ2) is 9.61. The minimum absolute atomic E-state index is 0.240. The van der Waals surface area contributed by atoms with Crippen molar-refractivity contribution < 1.29 is 14.0 Å². The number of amides is 2. The van der Waals surface area contributed by atoms with Gasteiger partial charge in [0.1, 0.15) is 12.4 Å². The Morgan fingerprint density at radius 3 is 2.49 bits per heavy atom. The van der Waals surface area contributed by atoms with Gasteiger partial charge in [-0.1, -0.05) is 12.1 Å². The highest BCUT2D eigenvalue weighted by molar-refractivity contribution is 7.16. The van der Waals surface area contributed by atoms with Gasteiger partial charge < -0.3 is 11.1 Å². The quantitative estimate of drug-likeness (QED) is 0.322. The van der Waals surface area contributed by atoms with E-state index in [2.05, 4.69) is 15.3 Å². The molecule has 0 aliphatic rings. The largest absolute Gasteiger partial charge is 0.375 e. The molecule has 2 amide bonds. The highest BCUT2D eigenvalue weighted by atomic mass is 32.1. The maximum atomic E-state index is 13.4. The summed E-state index contributed by atoms with van der Waals surface area (Å²) < 4.78 is 14.4. The van der Waals surface area contributed by atoms with E-state index in [9.17, 15) is 14.0 Å². The molecule has 35 heavy (non-hydrogen) atoms. The lowest BCUT2D eigenvalue weighted by Crippen LogP contribution is -2.38. The minimum atomic E-state index is -0.446. The fraction of sp³-hybridized carbons (Fsp3) is 0.0400. The lowest BCUT2D eigenvalue weighted by Gasteiger charge is -2.22. The van der Waals surface area contributed by atoms with Crippen molar-refractivity contribution in [3.8, 4) is 11.3 Å². The summed E-state index contributed by atoms with van der Waals surface area (Å²) in [6, 6.07) is 17.8. The molecule has 5 rings (SSSR count). The van der Waals surface area contributed by atoms with E-state index in [0.29, 0.717) is 16.5 Å². The smallest absolute Gasteiger partial charge is 0.258 e. The molecule has 2 heterocycles. The first-order valence-corrected chi connectivity index (χ1v) is 12.2. The molecule has 0 bridgehead atoms. The molecule has 0 aliphatic heterocycles. The normalized spacial score (nSPS) is 10.9. The van der Waals surface area contributed by atoms with Gasteiger partial charge in [0, 0.05) is 27.9 Å². The molecular weight excluding hydrogens is 485 g/mol. The first kappa shape index (κ1) is 22.6. The number of hydrogen-bond acceptors (Lipinski definition) is 7. The van der Waals surface area contributed by atoms with Gasteiger partial charge in [0.2, 0.25) is 5.91 Å². The number of hydrogen-bond donors (Lipinski definition) is 2. The number of benzene rings is 3. The van der Waals surface area contributed by atoms with Crippen LogP contribution in [0.15, 0.2) is 77.6 Å². The van der Waals surface area contributed by atoms with E-state index in [-0.39, 0.29) is 18.0 Å². The molecule has 174 valence electrons. The zero-order chi connectivity index (χ0) is 24.4. The van der Waals surface area contributed by atoms with Gasteiger partial charge in [-0.25, -0.2) is 14.4 Å². The SMILES string of the molecule is Nc1nc(-c2ccc(NC(=O)CN(C(=O)c3ccc(F)cc3)c3ccc4scnc4c3)cc2)cs1. The lowest BCUT2D eigenvalue weighted by molar-refractivity contribution is -0.114. The predicted molar refractivity (Wildman–Crippen MR) is 138 cm³/mol. The first-order chi connectivity index (χ1) is 17.0. The van der Waals surface area contributed by atoms with Crippen LogP contribution in [0.2, 0.25) is 0 Å². The standard InChI is InChI=1S/C25H18FN5O2S2/c26-17-5-1-16(2-6-17)24(33)31(19-9-10-22-20(11-19)28-14-35-22)12-23(32)29-18-7-3-15(4-8-18)21-13-34-25(27)30-21/h1-11,13-14H,12H2,(H2,27,30)(H,29,32). The molecule has 7 nitrogen and oxygen atoms in total. The molecule has 2 aromatic heterocycles. The third-order valence-electron chi connectivity index (χ3n) is 5.25. The average molecular weight is 504 g/mol. The van der Waals surface area contributed by atoms with Gasteiger partial charge in [0.25, 0.3) is 5.91 Å². The van der Waals surface area contributed by atoms with Crippen LogP contribution in [0, 0.1) is 5.82 Å². The van der Waals surface area contributed by atoms with Gasteiger partial charge in [-0.3, -0.25) is 14.5 Å². The third-order valence-corrected chi connectivity index (χ3v) is 6.73. The number of anilines is 3. The van der Waals surface area contributed by atoms with Crippen LogP contribution in [-0.4, -0.2) is 28.3 Å². The van der Waals surface area contributed by atoms with Crippen molar-refractivity contribution in [3.63, 3.8) is 0 Å². The Balaban J connectivity index is 1.37. The molecule has 10 heteroatoms. The van der Waals surface area contributed by atoms with Crippen LogP contribution >= 0.6 is 22.7 Å². The summed E-state index contributed by atoms with van der Waals surface area (Å²) in [4.78, 5) is 36.2. The molecule has 0 unspecified atom stereocenters. The topological polar surface area (TPSA) is 101 Å². The average Bonchev–Trinajstić information content (AvgIpc) is 3.51. The number of nitrogens with zero attached hydrogens (tertiary/aromatic N) is 3. The highest BCUT2D eigenvalue weighted by Gasteiger charge is 2.22. The number of fused-ring (bicyclic) bond motifs is 1. The Bertz CT molecular complexity index is 1510. The highest BCUT2D eigenvalue weighted by Crippen LogP contribution is 2.26. The first-order valence-electron chi connectivity index (χ1n) is 10.5. The van der Waals surface area contributed by atoms with Crippen LogP contribution in [-0.2, 0) is 4.79 Å². The van der Waals surface area contributed by atoms with E-state index < -0.39 is 11.7 Å². The lowest BCUT2D eigenvalue weighted by atomic mass is 10.1. The number of aromatic nitrogens is 2. The number of halogens is 1. The molecule has 0 saturated heterocycles. The van der Waals surface area contributed by atoms with Crippen LogP contribution in [0.1, 0.15) is 10.4 Å². The monoisotopic (exact) mass is 503 g/mol. The Morgan fingerprint density at radius 2 is 1.77 bits per heavy atom. The molecule has 0 fully saturated rings. The Hall–Kier alpha value is -4.15. The number of nitrogen functional groups attached to an aromatic ring is 1. The number of thiazole rings is 2. The molecule has 0 radical (unpaired) electrons. The van der Waals surface area contributed by atoms with Gasteiger partial charge in [0.15, 0.2) is 5.13 Å². The molecule has 3 aromatic carbocycles. The summed E-state index contributed by atoms with van der Waals surface area (Å²) in [5.41, 5.74) is 11.1. The van der Waals surface area contributed by atoms with Crippen LogP contribution in [0.3, 0.4) is 0 Å². The van der Waals surface area contributed by atoms with E-state index in [1.165, 1.54) is 51.8 Å². The molecule has 0 aliphatic carbocycles. The number of carbonyl (C=O) groups excluding carboxylic acids is 2. The second-order valence-electron chi connectivity index (χ2n) is 7.60. The summed E-state index contributed by atoms with van der Waals surface area (Å²) in [6.45, 7) is -0.240. The van der Waals surface area contributed by atoms with Gasteiger partial charge in [-0.15, -0.1) is 22.7 Å². The number of rotatable bonds is 6. The van der Waals surface area contributed by atoms with Crippen LogP contribution in [0.5, 0.6) is 0 Å². The Labute approximate surface area is 207 Å². The zero-order valence-corrected chi connectivity index (χ0v) is 19.8. The molecule has 0 saturated carbocycles. The zero-order valence-electron chi connectivity index (χ0n) is 18.1. The van der Waals surface area contributed by atoms with Gasteiger partial charge in [-0.2, -0.15) is 0 Å². The van der Waals surface area contributed by atoms with Crippen molar-refractivity contribution in [2.24, 2.45) is 0 Å². The third kappa shape index (κ3) is 5.03. The van der Waals surface area contributed by atoms with Crippen LogP contribution in [0.4, 0.5) is 20.9 Å². The van der Waals surface area contributed by atoms with Crippen LogP contribution < -0.4 is 16.0 Å². The van der Waals surface area contributed by atoms with Crippen molar-refractivity contribution in [2.45, 2.75) is 0 Å². The van der Waals surface area contributed by atoms with E-state index in [4.69, 9.17) is 5.73 Å². The summed E-state index contributed by atoms with van der Waals surface area (Å²) in [5.74, 6) is -1.26. The molecule has 5 aromatic rings. The maximum Gasteiger partial charge on any atom is 0.258 e. The van der Waals surface area contributed by atoms with Gasteiger partial charge in [0.05, 0.1) is 21.4 Å². The fourth-order valence-corrected chi connectivity index (χ4v) is 4.76. The number of carbonyl (C=O) groups is 2. The molecular formula is C25H18FN5O2S2. The summed E-state index contributed by atoms with van der Waals surface area (Å²) >= 11 is 2.84. The van der Waals surface area contributed by atoms with Crippen LogP contribution in [0.25, 0.3) is 21.5 Å². The van der Waals surface area contributed by atoms with Gasteiger partial charge >= 0.3 is 0 Å². The Kier molecular flexibility index (Phi) is 6.21.